The molecule has 0 N–H and O–H groups in total. The molecule has 462 valence electrons. The second kappa shape index (κ2) is 22.0. The number of para-hydroxylation sites is 2. The molecule has 0 unspecified atom stereocenters. The summed E-state index contributed by atoms with van der Waals surface area (Å²) >= 11 is 0. The molecule has 2 aliphatic carbocycles. The van der Waals surface area contributed by atoms with Crippen molar-refractivity contribution in [3.63, 3.8) is 0 Å². The Balaban J connectivity index is 0.848. The third-order valence-electron chi connectivity index (χ3n) is 20.6. The SMILES string of the molecule is CC1(C)c2ccccc2-c2ccc3c(c21)c1ccccc1n3-c1ccc(-c2cccc(-c3ccc(-n4c5ccccc5c5c6c(ccc54)-c4ccccc4C6(C)C)cc3-c3nc(-c4ccccc4)nc(-c4ccccc4)n3)c2)c(-c2nc(-c3ccccc3)nc(-c3ccccc3)n2)c1. The van der Waals surface area contributed by atoms with E-state index in [4.69, 9.17) is 29.9 Å². The maximum Gasteiger partial charge on any atom is 0.164 e. The van der Waals surface area contributed by atoms with Crippen molar-refractivity contribution >= 4 is 43.6 Å². The van der Waals surface area contributed by atoms with E-state index in [0.29, 0.717) is 34.9 Å². The first-order valence-electron chi connectivity index (χ1n) is 33.6. The summed E-state index contributed by atoms with van der Waals surface area (Å²) in [6.45, 7) is 9.50. The van der Waals surface area contributed by atoms with Gasteiger partial charge in [0.1, 0.15) is 0 Å². The van der Waals surface area contributed by atoms with Crippen LogP contribution in [0.2, 0.25) is 0 Å². The van der Waals surface area contributed by atoms with Crippen LogP contribution in [0.1, 0.15) is 49.9 Å². The van der Waals surface area contributed by atoms with Crippen molar-refractivity contribution in [3.05, 3.63) is 326 Å². The highest BCUT2D eigenvalue weighted by atomic mass is 15.1. The summed E-state index contributed by atoms with van der Waals surface area (Å²) in [6.07, 6.45) is 0. The summed E-state index contributed by atoms with van der Waals surface area (Å²) in [5.41, 5.74) is 25.7. The fourth-order valence-electron chi connectivity index (χ4n) is 16.1. The minimum Gasteiger partial charge on any atom is -0.309 e. The Kier molecular flexibility index (Phi) is 12.8. The molecule has 8 nitrogen and oxygen atoms in total. The average molecular weight is 1260 g/mol. The molecule has 4 heterocycles. The first-order valence-corrected chi connectivity index (χ1v) is 33.6. The van der Waals surface area contributed by atoms with Crippen molar-refractivity contribution in [1.29, 1.82) is 0 Å². The topological polar surface area (TPSA) is 87.2 Å². The lowest BCUT2D eigenvalue weighted by molar-refractivity contribution is 0.666. The molecule has 0 saturated carbocycles. The second-order valence-electron chi connectivity index (χ2n) is 26.9. The average Bonchev–Trinajstić information content (AvgIpc) is 1.54. The van der Waals surface area contributed by atoms with Gasteiger partial charge < -0.3 is 9.13 Å². The van der Waals surface area contributed by atoms with Crippen molar-refractivity contribution in [2.45, 2.75) is 38.5 Å². The summed E-state index contributed by atoms with van der Waals surface area (Å²) in [6, 6.07) is 108. The zero-order chi connectivity index (χ0) is 65.4. The van der Waals surface area contributed by atoms with E-state index in [1.165, 1.54) is 66.1 Å². The highest BCUT2D eigenvalue weighted by molar-refractivity contribution is 6.16. The Labute approximate surface area is 567 Å². The monoisotopic (exact) mass is 1250 g/mol. The van der Waals surface area contributed by atoms with E-state index < -0.39 is 0 Å². The van der Waals surface area contributed by atoms with Crippen molar-refractivity contribution in [1.82, 2.24) is 39.0 Å². The van der Waals surface area contributed by atoms with Gasteiger partial charge >= 0.3 is 0 Å². The van der Waals surface area contributed by atoms with Gasteiger partial charge in [0.25, 0.3) is 0 Å². The van der Waals surface area contributed by atoms with E-state index in [2.05, 4.69) is 267 Å². The van der Waals surface area contributed by atoms with Gasteiger partial charge in [0.15, 0.2) is 34.9 Å². The smallest absolute Gasteiger partial charge is 0.164 e. The van der Waals surface area contributed by atoms with Crippen LogP contribution in [0.3, 0.4) is 0 Å². The van der Waals surface area contributed by atoms with Crippen LogP contribution < -0.4 is 0 Å². The molecule has 0 spiro atoms. The number of rotatable bonds is 10. The lowest BCUT2D eigenvalue weighted by Crippen LogP contribution is -2.15. The van der Waals surface area contributed by atoms with Crippen LogP contribution in [0.15, 0.2) is 303 Å². The van der Waals surface area contributed by atoms with Gasteiger partial charge in [-0.2, -0.15) is 0 Å². The minimum atomic E-state index is -0.235. The second-order valence-corrected chi connectivity index (χ2v) is 26.9. The number of benzene rings is 13. The van der Waals surface area contributed by atoms with Crippen LogP contribution in [0.5, 0.6) is 0 Å². The van der Waals surface area contributed by atoms with Crippen molar-refractivity contribution in [2.75, 3.05) is 0 Å². The van der Waals surface area contributed by atoms with E-state index in [1.807, 2.05) is 72.8 Å². The lowest BCUT2D eigenvalue weighted by Gasteiger charge is -2.22. The van der Waals surface area contributed by atoms with Gasteiger partial charge in [0, 0.05) is 77.1 Å². The Hall–Kier alpha value is -12.5. The van der Waals surface area contributed by atoms with Gasteiger partial charge in [0.2, 0.25) is 0 Å². The maximum atomic E-state index is 5.48. The largest absolute Gasteiger partial charge is 0.309 e. The molecule has 17 aromatic rings. The van der Waals surface area contributed by atoms with Crippen molar-refractivity contribution in [3.8, 4) is 124 Å². The third-order valence-corrected chi connectivity index (χ3v) is 20.6. The van der Waals surface area contributed by atoms with Gasteiger partial charge in [-0.15, -0.1) is 0 Å². The fraction of sp³-hybridized carbons (Fsp3) is 0.0667. The standard InChI is InChI=1S/C90H62N8/c1-89(2)73-40-21-17-36-65(73)67-48-50-77-79(81(67)89)69-38-19-23-42-75(69)97(77)61-44-46-63(71(53-61)87-93-83(55-26-9-5-10-27-55)91-84(94-87)56-28-11-6-12-29-56)59-34-25-35-60(52-59)64-47-45-62(54-72(64)88-95-85(57-30-13-7-14-31-57)92-86(96-88)58-32-15-8-16-33-58)98-76-43-24-20-39-70(76)80-78(98)51-49-68-66-37-18-22-41-74(66)90(3,4)82(68)80/h5-54H,1-4H3. The Morgan fingerprint density at radius 2 is 0.541 bits per heavy atom. The molecule has 4 aromatic heterocycles. The third kappa shape index (κ3) is 8.84. The molecule has 0 fully saturated rings. The predicted octanol–water partition coefficient (Wildman–Crippen LogP) is 22.2. The molecule has 0 amide bonds. The van der Waals surface area contributed by atoms with E-state index in [0.717, 1.165) is 89.1 Å². The molecular weight excluding hydrogens is 1190 g/mol. The molecule has 0 saturated heterocycles. The fourth-order valence-corrected chi connectivity index (χ4v) is 16.1. The highest BCUT2D eigenvalue weighted by Crippen LogP contribution is 2.56. The van der Waals surface area contributed by atoms with Crippen LogP contribution in [0.4, 0.5) is 0 Å². The predicted molar refractivity (Wildman–Crippen MR) is 401 cm³/mol. The zero-order valence-corrected chi connectivity index (χ0v) is 54.4. The van der Waals surface area contributed by atoms with Crippen LogP contribution in [0, 0.1) is 0 Å². The van der Waals surface area contributed by atoms with E-state index in [-0.39, 0.29) is 10.8 Å². The lowest BCUT2D eigenvalue weighted by atomic mass is 9.80. The summed E-state index contributed by atoms with van der Waals surface area (Å²) in [5.74, 6) is 3.45. The van der Waals surface area contributed by atoms with E-state index in [1.54, 1.807) is 0 Å². The van der Waals surface area contributed by atoms with Crippen molar-refractivity contribution in [2.24, 2.45) is 0 Å². The molecule has 0 aliphatic heterocycles. The molecule has 0 atom stereocenters. The molecule has 0 radical (unpaired) electrons. The summed E-state index contributed by atoms with van der Waals surface area (Å²) in [5, 5.41) is 4.94. The van der Waals surface area contributed by atoms with Gasteiger partial charge in [0.05, 0.1) is 22.1 Å². The quantitative estimate of drug-likeness (QED) is 0.136. The zero-order valence-electron chi connectivity index (χ0n) is 54.4. The van der Waals surface area contributed by atoms with E-state index >= 15 is 0 Å². The van der Waals surface area contributed by atoms with Crippen molar-refractivity contribution < 1.29 is 0 Å². The number of hydrogen-bond acceptors (Lipinski definition) is 6. The van der Waals surface area contributed by atoms with Gasteiger partial charge in [-0.25, -0.2) is 29.9 Å². The Bertz CT molecular complexity index is 5620. The van der Waals surface area contributed by atoms with Crippen LogP contribution >= 0.6 is 0 Å². The summed E-state index contributed by atoms with van der Waals surface area (Å²) in [4.78, 5) is 32.3. The highest BCUT2D eigenvalue weighted by Gasteiger charge is 2.40. The summed E-state index contributed by atoms with van der Waals surface area (Å²) < 4.78 is 4.87. The molecule has 13 aromatic carbocycles. The molecular formula is C90H62N8. The van der Waals surface area contributed by atoms with Gasteiger partial charge in [-0.05, 0) is 121 Å². The van der Waals surface area contributed by atoms with Crippen LogP contribution in [0.25, 0.3) is 168 Å². The Morgan fingerprint density at radius 3 is 0.929 bits per heavy atom. The summed E-state index contributed by atoms with van der Waals surface area (Å²) in [7, 11) is 0. The van der Waals surface area contributed by atoms with Crippen LogP contribution in [-0.2, 0) is 10.8 Å². The number of fused-ring (bicyclic) bond motifs is 14. The first-order chi connectivity index (χ1) is 48.1. The normalized spacial score (nSPS) is 13.3. The first kappa shape index (κ1) is 57.0. The number of aromatic nitrogens is 8. The Morgan fingerprint density at radius 1 is 0.224 bits per heavy atom. The number of nitrogens with zero attached hydrogens (tertiary/aromatic N) is 8. The van der Waals surface area contributed by atoms with E-state index in [9.17, 15) is 0 Å². The number of hydrogen-bond donors (Lipinski definition) is 0. The molecule has 98 heavy (non-hydrogen) atoms. The maximum absolute atomic E-state index is 5.48. The van der Waals surface area contributed by atoms with Gasteiger partial charge in [-0.3, -0.25) is 0 Å². The minimum absolute atomic E-state index is 0.235. The molecule has 0 bridgehead atoms. The van der Waals surface area contributed by atoms with Gasteiger partial charge in [-0.1, -0.05) is 276 Å². The molecule has 8 heteroatoms. The van der Waals surface area contributed by atoms with Crippen LogP contribution in [-0.4, -0.2) is 39.0 Å². The molecule has 19 rings (SSSR count). The molecule has 2 aliphatic rings.